The molecule has 0 saturated carbocycles. The summed E-state index contributed by atoms with van der Waals surface area (Å²) in [5.41, 5.74) is 12.8. The number of fused-ring (bicyclic) bond motifs is 3. The van der Waals surface area contributed by atoms with Crippen molar-refractivity contribution in [3.8, 4) is 11.1 Å². The van der Waals surface area contributed by atoms with Gasteiger partial charge in [0.1, 0.15) is 37.5 Å². The number of hydrogen-bond acceptors (Lipinski definition) is 12. The Bertz CT molecular complexity index is 4410. The van der Waals surface area contributed by atoms with Crippen molar-refractivity contribution in [1.29, 1.82) is 0 Å². The Labute approximate surface area is 655 Å². The van der Waals surface area contributed by atoms with E-state index in [2.05, 4.69) is 159 Å². The van der Waals surface area contributed by atoms with E-state index in [1.54, 1.807) is 24.3 Å². The fraction of sp³-hybridized carbons (Fsp3) is 0.242. The second-order valence-electron chi connectivity index (χ2n) is 26.6. The minimum absolute atomic E-state index is 0. The highest BCUT2D eigenvalue weighted by atomic mass is 32.2. The second-order valence-corrected chi connectivity index (χ2v) is 31.5. The van der Waals surface area contributed by atoms with E-state index in [1.165, 1.54) is 106 Å². The Balaban J connectivity index is 0.000000428. The van der Waals surface area contributed by atoms with Gasteiger partial charge in [-0.2, -0.15) is 0 Å². The Kier molecular flexibility index (Phi) is 43.5. The van der Waals surface area contributed by atoms with Crippen molar-refractivity contribution < 1.29 is 56.0 Å². The van der Waals surface area contributed by atoms with Gasteiger partial charge in [-0.05, 0) is 150 Å². The van der Waals surface area contributed by atoms with E-state index < -0.39 is 17.0 Å². The maximum Gasteiger partial charge on any atom is 0.303 e. The summed E-state index contributed by atoms with van der Waals surface area (Å²) in [5.74, 6) is -0.226. The van der Waals surface area contributed by atoms with Crippen LogP contribution in [-0.2, 0) is 75.8 Å². The Morgan fingerprint density at radius 2 is 0.727 bits per heavy atom. The molecule has 0 saturated heterocycles. The highest BCUT2D eigenvalue weighted by Gasteiger charge is 2.31. The summed E-state index contributed by atoms with van der Waals surface area (Å²) in [6.07, 6.45) is 2.35. The normalized spacial score (nSPS) is 10.5. The average molecular weight is 1520 g/mol. The van der Waals surface area contributed by atoms with Crippen LogP contribution in [0.3, 0.4) is 0 Å². The fourth-order valence-electron chi connectivity index (χ4n) is 10.4. The summed E-state index contributed by atoms with van der Waals surface area (Å²) in [4.78, 5) is 61.4. The summed E-state index contributed by atoms with van der Waals surface area (Å²) in [6.45, 7) is 26.4. The topological polar surface area (TPSA) is 193 Å². The molecule has 11 aromatic carbocycles. The van der Waals surface area contributed by atoms with E-state index in [0.717, 1.165) is 33.8 Å². The van der Waals surface area contributed by atoms with E-state index in [1.807, 2.05) is 186 Å². The molecular weight excluding hydrogens is 1410 g/mol. The number of rotatable bonds is 12. The van der Waals surface area contributed by atoms with Crippen molar-refractivity contribution >= 4 is 68.7 Å². The van der Waals surface area contributed by atoms with Crippen LogP contribution in [0.4, 0.5) is 5.69 Å². The van der Waals surface area contributed by atoms with E-state index >= 15 is 0 Å². The van der Waals surface area contributed by atoms with Crippen molar-refractivity contribution in [1.82, 2.24) is 0 Å². The van der Waals surface area contributed by atoms with Gasteiger partial charge in [-0.25, -0.2) is 8.42 Å². The van der Waals surface area contributed by atoms with E-state index in [4.69, 9.17) is 14.2 Å². The van der Waals surface area contributed by atoms with Crippen molar-refractivity contribution in [2.45, 2.75) is 139 Å². The number of carbonyl (C=O) groups is 6. The monoisotopic (exact) mass is 1520 g/mol. The molecule has 0 heterocycles. The molecule has 0 fully saturated rings. The standard InChI is InChI=1S/C20H18.C16H14O2.C13H13OP.C9H10O2.C8H9NO.C8H10O2S.C8H10.C6H12O2.2C3H6O.CH4/c1-20(17-11-5-2-6-12-17,18-13-7-3-8-14-18)19-15-9-4-10-16-19;1-11(17)18-10-16-14-8-4-2-6-12(14)13-7-3-5-9-15(13)16;1-15(14,12-8-4-2-5-9-12)13-10-6-3-7-11-13;1-8(10)11-7-9-5-3-2-4-6-9;1-7(10)9-8-5-3-2-4-6-8;1-7-3-5-8(6-4-7)11(2,9)10;1-2-8-6-4-3-5-7-8;1-5(7)8-6(2,3)4;2*1-3(2)4;/h2-16H,1H3;2-9,16H,10H2,1H3;2-11H,1H3;2-6H,7H2,1H3;2-6H,1H3,(H,9,10);3-6H,1-2H3;3-7H,2H2,1H3;1-4H3;2*1-2H3;1H4. The molecular formula is C95H112NO12PS. The molecule has 0 atom stereocenters. The van der Waals surface area contributed by atoms with Crippen molar-refractivity contribution in [2.24, 2.45) is 0 Å². The third-order valence-corrected chi connectivity index (χ3v) is 19.2. The number of ether oxygens (including phenoxy) is 3. The molecule has 13 nitrogen and oxygen atoms in total. The maximum atomic E-state index is 12.6. The Hall–Kier alpha value is -11.2. The van der Waals surface area contributed by atoms with Gasteiger partial charge in [0.25, 0.3) is 0 Å². The molecule has 0 bridgehead atoms. The van der Waals surface area contributed by atoms with E-state index in [0.29, 0.717) is 18.1 Å². The number of carbonyl (C=O) groups excluding carboxylic acids is 6. The van der Waals surface area contributed by atoms with E-state index in [9.17, 15) is 41.8 Å². The first-order valence-corrected chi connectivity index (χ1v) is 39.8. The van der Waals surface area contributed by atoms with Gasteiger partial charge in [-0.3, -0.25) is 19.2 Å². The molecule has 11 aromatic rings. The lowest BCUT2D eigenvalue weighted by Crippen LogP contribution is -2.25. The third-order valence-electron chi connectivity index (χ3n) is 15.5. The average Bonchev–Trinajstić information content (AvgIpc) is 1.50. The molecule has 1 amide bonds. The molecule has 580 valence electrons. The second kappa shape index (κ2) is 50.4. The van der Waals surface area contributed by atoms with Gasteiger partial charge in [0.15, 0.2) is 9.84 Å². The first-order chi connectivity index (χ1) is 51.7. The molecule has 110 heavy (non-hydrogen) atoms. The van der Waals surface area contributed by atoms with Gasteiger partial charge in [-0.1, -0.05) is 311 Å². The zero-order chi connectivity index (χ0) is 80.8. The first-order valence-electron chi connectivity index (χ1n) is 35.8. The van der Waals surface area contributed by atoms with Crippen LogP contribution in [0.2, 0.25) is 0 Å². The summed E-state index contributed by atoms with van der Waals surface area (Å²) >= 11 is 0. The van der Waals surface area contributed by atoms with Crippen LogP contribution in [0.5, 0.6) is 0 Å². The number of ketones is 2. The third kappa shape index (κ3) is 37.6. The van der Waals surface area contributed by atoms with Crippen molar-refractivity contribution in [2.75, 3.05) is 24.8 Å². The van der Waals surface area contributed by atoms with Crippen LogP contribution in [0, 0.1) is 6.92 Å². The number of anilines is 1. The zero-order valence-electron chi connectivity index (χ0n) is 66.0. The maximum absolute atomic E-state index is 12.6. The SMILES string of the molecule is C.CC(=O)Nc1ccccc1.CC(=O)OC(C)(C)C.CC(=O)OCC1c2ccccc2-c2ccccc21.CC(=O)OCc1ccccc1.CC(C)=O.CC(C)=O.CC(c1ccccc1)(c1ccccc1)c1ccccc1.CCc1ccccc1.CP(=O)(c1ccccc1)c1ccccc1.Cc1ccc(S(C)(=O)=O)cc1. The zero-order valence-corrected chi connectivity index (χ0v) is 67.7. The number of esters is 3. The molecule has 1 aliphatic carbocycles. The van der Waals surface area contributed by atoms with Crippen LogP contribution in [-0.4, -0.2) is 68.9 Å². The lowest BCUT2D eigenvalue weighted by Gasteiger charge is -2.31. The number of aryl methyl sites for hydroxylation is 2. The molecule has 1 N–H and O–H groups in total. The Morgan fingerprint density at radius 3 is 1.02 bits per heavy atom. The highest BCUT2D eigenvalue weighted by molar-refractivity contribution is 7.90. The number of nitrogens with one attached hydrogen (secondary N) is 1. The Morgan fingerprint density at radius 1 is 0.418 bits per heavy atom. The lowest BCUT2D eigenvalue weighted by atomic mass is 9.71. The molecule has 0 unspecified atom stereocenters. The van der Waals surface area contributed by atoms with Gasteiger partial charge < -0.3 is 33.7 Å². The molecule has 0 radical (unpaired) electrons. The summed E-state index contributed by atoms with van der Waals surface area (Å²) in [5, 5.41) is 4.49. The summed E-state index contributed by atoms with van der Waals surface area (Å²) in [7, 11) is -5.42. The fourth-order valence-corrected chi connectivity index (χ4v) is 12.9. The minimum Gasteiger partial charge on any atom is -0.465 e. The van der Waals surface area contributed by atoms with Gasteiger partial charge >= 0.3 is 17.9 Å². The van der Waals surface area contributed by atoms with Crippen LogP contribution < -0.4 is 15.9 Å². The molecule has 1 aliphatic rings. The number of amides is 1. The number of hydrogen-bond donors (Lipinski definition) is 1. The highest BCUT2D eigenvalue weighted by Crippen LogP contribution is 2.45. The molecule has 12 rings (SSSR count). The lowest BCUT2D eigenvalue weighted by molar-refractivity contribution is -0.152. The van der Waals surface area contributed by atoms with Gasteiger partial charge in [0.2, 0.25) is 5.91 Å². The predicted molar refractivity (Wildman–Crippen MR) is 455 cm³/mol. The number of para-hydroxylation sites is 1. The predicted octanol–water partition coefficient (Wildman–Crippen LogP) is 21.3. The van der Waals surface area contributed by atoms with Crippen LogP contribution in [0.15, 0.2) is 320 Å². The summed E-state index contributed by atoms with van der Waals surface area (Å²) < 4.78 is 49.3. The quantitative estimate of drug-likeness (QED) is 0.0527. The molecule has 15 heteroatoms. The van der Waals surface area contributed by atoms with E-state index in [-0.39, 0.29) is 59.7 Å². The van der Waals surface area contributed by atoms with Crippen molar-refractivity contribution in [3.63, 3.8) is 0 Å². The van der Waals surface area contributed by atoms with Gasteiger partial charge in [-0.15, -0.1) is 0 Å². The first kappa shape index (κ1) is 94.9. The largest absolute Gasteiger partial charge is 0.465 e. The number of sulfone groups is 1. The molecule has 0 spiro atoms. The number of benzene rings is 11. The minimum atomic E-state index is -3.02. The summed E-state index contributed by atoms with van der Waals surface area (Å²) in [6, 6.07) is 104. The number of Topliss-reactive ketones (excluding diaryl/α,β-unsaturated/α-hetero) is 2. The van der Waals surface area contributed by atoms with Crippen LogP contribution >= 0.6 is 7.14 Å². The van der Waals surface area contributed by atoms with Gasteiger partial charge in [0, 0.05) is 61.6 Å². The molecule has 0 aliphatic heterocycles. The van der Waals surface area contributed by atoms with Crippen molar-refractivity contribution in [3.05, 3.63) is 360 Å². The van der Waals surface area contributed by atoms with Gasteiger partial charge in [0.05, 0.1) is 4.90 Å². The van der Waals surface area contributed by atoms with Crippen LogP contribution in [0.1, 0.15) is 148 Å². The molecule has 0 aromatic heterocycles. The smallest absolute Gasteiger partial charge is 0.303 e. The van der Waals surface area contributed by atoms with Crippen LogP contribution in [0.25, 0.3) is 11.1 Å².